The lowest BCUT2D eigenvalue weighted by molar-refractivity contribution is -0.149. The smallest absolute Gasteiger partial charge is 0.308 e. The number of carbonyl (C=O) groups is 1. The van der Waals surface area contributed by atoms with Gasteiger partial charge in [-0.3, -0.25) is 4.79 Å². The van der Waals surface area contributed by atoms with Gasteiger partial charge in [0.05, 0.1) is 36.0 Å². The first-order valence-electron chi connectivity index (χ1n) is 9.63. The minimum atomic E-state index is -3.78. The molecule has 0 saturated heterocycles. The Bertz CT molecular complexity index is 1380. The average Bonchev–Trinajstić information content (AvgIpc) is 3.31. The zero-order chi connectivity index (χ0) is 21.0. The highest BCUT2D eigenvalue weighted by atomic mass is 32.2. The molecule has 0 amide bonds. The summed E-state index contributed by atoms with van der Waals surface area (Å²) in [7, 11) is -2.38. The lowest BCUT2D eigenvalue weighted by Gasteiger charge is -2.34. The number of imidazole rings is 1. The third-order valence-corrected chi connectivity index (χ3v) is 7.51. The number of esters is 1. The van der Waals surface area contributed by atoms with Crippen molar-refractivity contribution in [1.82, 2.24) is 18.5 Å². The zero-order valence-electron chi connectivity index (χ0n) is 16.5. The van der Waals surface area contributed by atoms with Crippen molar-refractivity contribution in [3.8, 4) is 0 Å². The first-order chi connectivity index (χ1) is 14.4. The van der Waals surface area contributed by atoms with Crippen LogP contribution in [0.15, 0.2) is 53.9 Å². The molecule has 0 spiro atoms. The van der Waals surface area contributed by atoms with E-state index in [1.807, 2.05) is 11.5 Å². The van der Waals surface area contributed by atoms with Crippen molar-refractivity contribution in [3.05, 3.63) is 54.6 Å². The maximum Gasteiger partial charge on any atom is 0.308 e. The molecule has 0 aliphatic heterocycles. The fraction of sp³-hybridized carbons (Fsp3) is 0.286. The van der Waals surface area contributed by atoms with Gasteiger partial charge >= 0.3 is 5.97 Å². The van der Waals surface area contributed by atoms with Crippen LogP contribution in [0.1, 0.15) is 24.4 Å². The summed E-state index contributed by atoms with van der Waals surface area (Å²) in [5.74, 6) is -0.306. The lowest BCUT2D eigenvalue weighted by Crippen LogP contribution is -2.32. The molecule has 0 N–H and O–H groups in total. The van der Waals surface area contributed by atoms with Gasteiger partial charge in [-0.05, 0) is 38.0 Å². The molecule has 0 atom stereocenters. The van der Waals surface area contributed by atoms with Crippen LogP contribution in [0.4, 0.5) is 0 Å². The molecule has 0 radical (unpaired) electrons. The van der Waals surface area contributed by atoms with E-state index >= 15 is 0 Å². The molecule has 1 aromatic carbocycles. The van der Waals surface area contributed by atoms with Crippen molar-refractivity contribution in [2.45, 2.75) is 30.7 Å². The summed E-state index contributed by atoms with van der Waals surface area (Å²) in [6.45, 7) is 1.91. The second-order valence-electron chi connectivity index (χ2n) is 7.66. The molecule has 8 nitrogen and oxygen atoms in total. The second kappa shape index (κ2) is 6.66. The van der Waals surface area contributed by atoms with Crippen LogP contribution in [-0.4, -0.2) is 40.0 Å². The van der Waals surface area contributed by atoms with Gasteiger partial charge in [-0.2, -0.15) is 0 Å². The highest BCUT2D eigenvalue weighted by Gasteiger charge is 2.37. The van der Waals surface area contributed by atoms with Crippen molar-refractivity contribution in [1.29, 1.82) is 0 Å². The van der Waals surface area contributed by atoms with Gasteiger partial charge in [-0.25, -0.2) is 22.4 Å². The van der Waals surface area contributed by atoms with Crippen LogP contribution < -0.4 is 0 Å². The number of hydrogen-bond donors (Lipinski definition) is 0. The fourth-order valence-corrected chi connectivity index (χ4v) is 5.36. The number of carbonyl (C=O) groups excluding carboxylic acids is 1. The van der Waals surface area contributed by atoms with Crippen molar-refractivity contribution >= 4 is 38.1 Å². The third-order valence-electron chi connectivity index (χ3n) is 5.83. The Morgan fingerprint density at radius 3 is 2.57 bits per heavy atom. The van der Waals surface area contributed by atoms with Crippen molar-refractivity contribution in [2.75, 3.05) is 7.11 Å². The van der Waals surface area contributed by atoms with E-state index in [9.17, 15) is 13.2 Å². The topological polar surface area (TPSA) is 96.1 Å². The summed E-state index contributed by atoms with van der Waals surface area (Å²) in [5.41, 5.74) is 2.86. The van der Waals surface area contributed by atoms with Gasteiger partial charge in [0.2, 0.25) is 0 Å². The minimum absolute atomic E-state index is 0.110. The average molecular weight is 424 g/mol. The number of aryl methyl sites for hydroxylation is 1. The summed E-state index contributed by atoms with van der Waals surface area (Å²) in [5, 5.41) is 0.710. The number of pyridine rings is 1. The highest BCUT2D eigenvalue weighted by Crippen LogP contribution is 2.41. The largest absolute Gasteiger partial charge is 0.469 e. The van der Waals surface area contributed by atoms with Crippen molar-refractivity contribution in [2.24, 2.45) is 5.92 Å². The number of benzene rings is 1. The van der Waals surface area contributed by atoms with Crippen LogP contribution in [0.2, 0.25) is 0 Å². The Labute approximate surface area is 173 Å². The van der Waals surface area contributed by atoms with Gasteiger partial charge in [-0.1, -0.05) is 17.7 Å². The van der Waals surface area contributed by atoms with Crippen LogP contribution in [0.3, 0.4) is 0 Å². The molecule has 3 aromatic heterocycles. The molecule has 0 unspecified atom stereocenters. The van der Waals surface area contributed by atoms with E-state index in [1.54, 1.807) is 42.9 Å². The Morgan fingerprint density at radius 1 is 1.13 bits per heavy atom. The van der Waals surface area contributed by atoms with Crippen LogP contribution >= 0.6 is 0 Å². The molecule has 4 aromatic rings. The zero-order valence-corrected chi connectivity index (χ0v) is 17.3. The Kier molecular flexibility index (Phi) is 4.18. The molecule has 9 heteroatoms. The molecule has 1 aliphatic rings. The number of rotatable bonds is 4. The third kappa shape index (κ3) is 2.72. The van der Waals surface area contributed by atoms with Crippen LogP contribution in [-0.2, 0) is 19.6 Å². The van der Waals surface area contributed by atoms with Crippen LogP contribution in [0.25, 0.3) is 22.1 Å². The molecular formula is C21H20N4O4S. The highest BCUT2D eigenvalue weighted by molar-refractivity contribution is 7.90. The number of fused-ring (bicyclic) bond motifs is 3. The Balaban J connectivity index is 1.59. The summed E-state index contributed by atoms with van der Waals surface area (Å²) < 4.78 is 34.4. The molecule has 1 fully saturated rings. The molecule has 1 saturated carbocycles. The Morgan fingerprint density at radius 2 is 1.87 bits per heavy atom. The van der Waals surface area contributed by atoms with Gasteiger partial charge in [0.15, 0.2) is 5.65 Å². The molecular weight excluding hydrogens is 404 g/mol. The molecule has 3 heterocycles. The number of nitrogens with zero attached hydrogens (tertiary/aromatic N) is 4. The van der Waals surface area contributed by atoms with E-state index in [0.717, 1.165) is 11.1 Å². The fourth-order valence-electron chi connectivity index (χ4n) is 4.06. The summed E-state index contributed by atoms with van der Waals surface area (Å²) in [6, 6.07) is 8.61. The standard InChI is InChI=1S/C21H20N4O4S/c1-13-3-5-16(6-4-13)30(27,28)25-8-7-17-19-18(11-22-20(17)25)23-12-24(19)15-9-14(10-15)21(26)29-2/h3-8,11-12,14-15H,9-10H2,1-2H3. The molecule has 0 bridgehead atoms. The van der Waals surface area contributed by atoms with Gasteiger partial charge in [-0.15, -0.1) is 0 Å². The normalized spacial score (nSPS) is 19.1. The monoisotopic (exact) mass is 424 g/mol. The summed E-state index contributed by atoms with van der Waals surface area (Å²) in [4.78, 5) is 20.7. The first kappa shape index (κ1) is 18.8. The van der Waals surface area contributed by atoms with E-state index in [-0.39, 0.29) is 22.8 Å². The Hall–Kier alpha value is -3.20. The van der Waals surface area contributed by atoms with E-state index in [1.165, 1.54) is 17.3 Å². The van der Waals surface area contributed by atoms with E-state index < -0.39 is 10.0 Å². The number of methoxy groups -OCH3 is 1. The molecule has 5 rings (SSSR count). The van der Waals surface area contributed by atoms with Crippen molar-refractivity contribution in [3.63, 3.8) is 0 Å². The molecule has 30 heavy (non-hydrogen) atoms. The summed E-state index contributed by atoms with van der Waals surface area (Å²) in [6.07, 6.45) is 6.19. The predicted molar refractivity (Wildman–Crippen MR) is 111 cm³/mol. The van der Waals surface area contributed by atoms with Gasteiger partial charge in [0, 0.05) is 17.6 Å². The maximum atomic E-state index is 13.2. The number of aromatic nitrogens is 4. The van der Waals surface area contributed by atoms with Gasteiger partial charge < -0.3 is 9.30 Å². The van der Waals surface area contributed by atoms with Crippen LogP contribution in [0.5, 0.6) is 0 Å². The molecule has 154 valence electrons. The molecule has 1 aliphatic carbocycles. The second-order valence-corrected chi connectivity index (χ2v) is 9.47. The predicted octanol–water partition coefficient (Wildman–Crippen LogP) is 3.06. The van der Waals surface area contributed by atoms with Crippen LogP contribution in [0, 0.1) is 12.8 Å². The van der Waals surface area contributed by atoms with Gasteiger partial charge in [0.25, 0.3) is 10.0 Å². The SMILES string of the molecule is COC(=O)C1CC(n2cnc3cnc4c(ccn4S(=O)(=O)c4ccc(C)cc4)c32)C1. The van der Waals surface area contributed by atoms with E-state index in [4.69, 9.17) is 4.74 Å². The lowest BCUT2D eigenvalue weighted by atomic mass is 9.80. The quantitative estimate of drug-likeness (QED) is 0.467. The van der Waals surface area contributed by atoms with E-state index in [0.29, 0.717) is 29.4 Å². The summed E-state index contributed by atoms with van der Waals surface area (Å²) >= 11 is 0. The number of hydrogen-bond acceptors (Lipinski definition) is 6. The van der Waals surface area contributed by atoms with E-state index in [2.05, 4.69) is 9.97 Å². The van der Waals surface area contributed by atoms with Gasteiger partial charge in [0.1, 0.15) is 5.52 Å². The first-order valence-corrected chi connectivity index (χ1v) is 11.1. The number of ether oxygens (including phenoxy) is 1. The van der Waals surface area contributed by atoms with Crippen molar-refractivity contribution < 1.29 is 17.9 Å². The maximum absolute atomic E-state index is 13.2. The minimum Gasteiger partial charge on any atom is -0.469 e.